The predicted molar refractivity (Wildman–Crippen MR) is 63.3 cm³/mol. The summed E-state index contributed by atoms with van der Waals surface area (Å²) < 4.78 is 10.6. The lowest BCUT2D eigenvalue weighted by Crippen LogP contribution is -2.25. The molecule has 0 amide bonds. The largest absolute Gasteiger partial charge is 0.380 e. The Balaban J connectivity index is 1.73. The van der Waals surface area contributed by atoms with Crippen LogP contribution >= 0.6 is 0 Å². The molecule has 1 atom stereocenters. The maximum Gasteiger partial charge on any atom is 0.239 e. The summed E-state index contributed by atoms with van der Waals surface area (Å²) >= 11 is 0. The van der Waals surface area contributed by atoms with Crippen molar-refractivity contribution in [2.24, 2.45) is 0 Å². The Morgan fingerprint density at radius 3 is 2.78 bits per heavy atom. The van der Waals surface area contributed by atoms with Crippen LogP contribution in [0.2, 0.25) is 0 Å². The van der Waals surface area contributed by atoms with Crippen LogP contribution in [0.15, 0.2) is 4.52 Å². The minimum absolute atomic E-state index is 0.153. The molecule has 0 bridgehead atoms. The van der Waals surface area contributed by atoms with Crippen molar-refractivity contribution < 1.29 is 14.1 Å². The van der Waals surface area contributed by atoms with E-state index in [9.17, 15) is 4.79 Å². The van der Waals surface area contributed by atoms with Crippen LogP contribution in [0.3, 0.4) is 0 Å². The minimum Gasteiger partial charge on any atom is -0.380 e. The van der Waals surface area contributed by atoms with E-state index in [2.05, 4.69) is 10.1 Å². The molecule has 1 unspecified atom stereocenters. The molecule has 0 radical (unpaired) electrons. The summed E-state index contributed by atoms with van der Waals surface area (Å²) in [7, 11) is 0. The number of rotatable bonds is 2. The molecule has 3 rings (SSSR count). The van der Waals surface area contributed by atoms with Gasteiger partial charge >= 0.3 is 0 Å². The van der Waals surface area contributed by atoms with Gasteiger partial charge in [0, 0.05) is 12.3 Å². The molecule has 0 N–H and O–H groups in total. The number of aromatic nitrogens is 2. The van der Waals surface area contributed by atoms with Gasteiger partial charge in [-0.3, -0.25) is 4.79 Å². The van der Waals surface area contributed by atoms with Gasteiger partial charge in [0.05, 0.1) is 13.2 Å². The number of ketones is 1. The number of carbonyl (C=O) groups excluding carboxylic acids is 1. The zero-order valence-corrected chi connectivity index (χ0v) is 10.4. The topological polar surface area (TPSA) is 65.2 Å². The summed E-state index contributed by atoms with van der Waals surface area (Å²) in [6.45, 7) is 0.893. The first-order valence-electron chi connectivity index (χ1n) is 6.78. The van der Waals surface area contributed by atoms with Gasteiger partial charge in [-0.1, -0.05) is 24.4 Å². The Hall–Kier alpha value is -1.23. The highest BCUT2D eigenvalue weighted by atomic mass is 16.5. The maximum atomic E-state index is 11.8. The summed E-state index contributed by atoms with van der Waals surface area (Å²) in [5.41, 5.74) is 0. The van der Waals surface area contributed by atoms with Gasteiger partial charge < -0.3 is 9.26 Å². The second-order valence-electron chi connectivity index (χ2n) is 5.17. The number of ether oxygens (including phenoxy) is 1. The zero-order valence-electron chi connectivity index (χ0n) is 10.4. The van der Waals surface area contributed by atoms with Gasteiger partial charge in [-0.2, -0.15) is 4.98 Å². The normalized spacial score (nSPS) is 26.4. The van der Waals surface area contributed by atoms with Crippen molar-refractivity contribution in [3.63, 3.8) is 0 Å². The van der Waals surface area contributed by atoms with Gasteiger partial charge in [-0.05, 0) is 12.8 Å². The van der Waals surface area contributed by atoms with Crippen molar-refractivity contribution in [3.8, 4) is 0 Å². The third-order valence-electron chi connectivity index (χ3n) is 3.89. The Morgan fingerprint density at radius 1 is 1.17 bits per heavy atom. The van der Waals surface area contributed by atoms with Crippen LogP contribution in [0.4, 0.5) is 0 Å². The van der Waals surface area contributed by atoms with Crippen LogP contribution in [-0.2, 0) is 9.53 Å². The highest BCUT2D eigenvalue weighted by Gasteiger charge is 2.31. The fourth-order valence-corrected chi connectivity index (χ4v) is 2.77. The molecule has 5 heteroatoms. The van der Waals surface area contributed by atoms with E-state index in [0.29, 0.717) is 31.4 Å². The van der Waals surface area contributed by atoms with Gasteiger partial charge in [-0.15, -0.1) is 0 Å². The molecule has 1 aliphatic carbocycles. The first-order chi connectivity index (χ1) is 8.84. The molecule has 0 aromatic carbocycles. The lowest BCUT2D eigenvalue weighted by atomic mass is 9.89. The summed E-state index contributed by atoms with van der Waals surface area (Å²) in [4.78, 5) is 16.2. The smallest absolute Gasteiger partial charge is 0.239 e. The summed E-state index contributed by atoms with van der Waals surface area (Å²) in [6.07, 6.45) is 6.49. The Bertz CT molecular complexity index is 424. The van der Waals surface area contributed by atoms with E-state index < -0.39 is 0 Å². The summed E-state index contributed by atoms with van der Waals surface area (Å²) in [5.74, 6) is 1.45. The third-order valence-corrected chi connectivity index (χ3v) is 3.89. The Labute approximate surface area is 106 Å². The highest BCUT2D eigenvalue weighted by molar-refractivity contribution is 5.85. The van der Waals surface area contributed by atoms with Gasteiger partial charge in [0.1, 0.15) is 11.7 Å². The first kappa shape index (κ1) is 11.8. The molecular weight excluding hydrogens is 232 g/mol. The molecule has 5 nitrogen and oxygen atoms in total. The van der Waals surface area contributed by atoms with Crippen molar-refractivity contribution in [1.82, 2.24) is 10.1 Å². The quantitative estimate of drug-likeness (QED) is 0.805. The van der Waals surface area contributed by atoms with Crippen molar-refractivity contribution in [3.05, 3.63) is 11.7 Å². The van der Waals surface area contributed by atoms with Crippen molar-refractivity contribution >= 4 is 5.78 Å². The van der Waals surface area contributed by atoms with Crippen LogP contribution in [0.1, 0.15) is 62.1 Å². The van der Waals surface area contributed by atoms with E-state index in [-0.39, 0.29) is 11.7 Å². The van der Waals surface area contributed by atoms with Gasteiger partial charge in [0.15, 0.2) is 5.82 Å². The zero-order chi connectivity index (χ0) is 12.4. The minimum atomic E-state index is -0.344. The van der Waals surface area contributed by atoms with Crippen LogP contribution < -0.4 is 0 Å². The standard InChI is InChI=1S/C13H18N2O3/c16-11-6-7-17-8-10(11)13-14-12(15-18-13)9-4-2-1-3-5-9/h9-10H,1-8H2. The summed E-state index contributed by atoms with van der Waals surface area (Å²) in [6, 6.07) is 0. The van der Waals surface area contributed by atoms with E-state index in [1.807, 2.05) is 0 Å². The molecule has 1 aromatic heterocycles. The Kier molecular flexibility index (Phi) is 3.41. The van der Waals surface area contributed by atoms with Crippen LogP contribution in [0.25, 0.3) is 0 Å². The molecular formula is C13H18N2O3. The van der Waals surface area contributed by atoms with E-state index in [4.69, 9.17) is 9.26 Å². The number of carbonyl (C=O) groups is 1. The van der Waals surface area contributed by atoms with Crippen LogP contribution in [0, 0.1) is 0 Å². The number of hydrogen-bond acceptors (Lipinski definition) is 5. The average Bonchev–Trinajstić information content (AvgIpc) is 2.90. The summed E-state index contributed by atoms with van der Waals surface area (Å²) in [5, 5.41) is 4.06. The average molecular weight is 250 g/mol. The molecule has 2 fully saturated rings. The molecule has 1 aliphatic heterocycles. The van der Waals surface area contributed by atoms with E-state index in [0.717, 1.165) is 18.7 Å². The van der Waals surface area contributed by atoms with E-state index in [1.54, 1.807) is 0 Å². The second-order valence-corrected chi connectivity index (χ2v) is 5.17. The van der Waals surface area contributed by atoms with Crippen LogP contribution in [-0.4, -0.2) is 29.1 Å². The maximum absolute atomic E-state index is 11.8. The third kappa shape index (κ3) is 2.32. The van der Waals surface area contributed by atoms with Crippen molar-refractivity contribution in [2.75, 3.05) is 13.2 Å². The van der Waals surface area contributed by atoms with Gasteiger partial charge in [0.2, 0.25) is 5.89 Å². The van der Waals surface area contributed by atoms with Crippen LogP contribution in [0.5, 0.6) is 0 Å². The SMILES string of the molecule is O=C1CCOCC1c1nc(C2CCCCC2)no1. The molecule has 18 heavy (non-hydrogen) atoms. The van der Waals surface area contributed by atoms with Crippen molar-refractivity contribution in [1.29, 1.82) is 0 Å². The molecule has 1 saturated heterocycles. The highest BCUT2D eigenvalue weighted by Crippen LogP contribution is 2.32. The lowest BCUT2D eigenvalue weighted by Gasteiger charge is -2.18. The molecule has 1 aromatic rings. The predicted octanol–water partition coefficient (Wildman–Crippen LogP) is 2.19. The fourth-order valence-electron chi connectivity index (χ4n) is 2.77. The molecule has 2 heterocycles. The van der Waals surface area contributed by atoms with E-state index >= 15 is 0 Å². The molecule has 2 aliphatic rings. The first-order valence-corrected chi connectivity index (χ1v) is 6.78. The van der Waals surface area contributed by atoms with Gasteiger partial charge in [-0.25, -0.2) is 0 Å². The number of nitrogens with zero attached hydrogens (tertiary/aromatic N) is 2. The lowest BCUT2D eigenvalue weighted by molar-refractivity contribution is -0.127. The molecule has 0 spiro atoms. The number of hydrogen-bond donors (Lipinski definition) is 0. The van der Waals surface area contributed by atoms with Crippen molar-refractivity contribution in [2.45, 2.75) is 50.4 Å². The van der Waals surface area contributed by atoms with Gasteiger partial charge in [0.25, 0.3) is 0 Å². The molecule has 1 saturated carbocycles. The monoisotopic (exact) mass is 250 g/mol. The molecule has 98 valence electrons. The fraction of sp³-hybridized carbons (Fsp3) is 0.769. The second kappa shape index (κ2) is 5.18. The van der Waals surface area contributed by atoms with E-state index in [1.165, 1.54) is 19.3 Å². The number of Topliss-reactive ketones (excluding diaryl/α,β-unsaturated/α-hetero) is 1. The Morgan fingerprint density at radius 2 is 2.00 bits per heavy atom.